The Kier molecular flexibility index (Phi) is 6.65. The number of benzene rings is 1. The minimum absolute atomic E-state index is 0.132. The van der Waals surface area contributed by atoms with Gasteiger partial charge in [0.25, 0.3) is 0 Å². The molecule has 0 radical (unpaired) electrons. The molecular formula is C18H23F3N4O. The highest BCUT2D eigenvalue weighted by molar-refractivity contribution is 5.79. The Morgan fingerprint density at radius 3 is 2.62 bits per heavy atom. The lowest BCUT2D eigenvalue weighted by atomic mass is 10.1. The highest BCUT2D eigenvalue weighted by Gasteiger charge is 2.30. The van der Waals surface area contributed by atoms with Gasteiger partial charge in [0.15, 0.2) is 11.7 Å². The summed E-state index contributed by atoms with van der Waals surface area (Å²) in [4.78, 5) is 4.33. The molecule has 2 N–H and O–H groups in total. The van der Waals surface area contributed by atoms with E-state index in [4.69, 9.17) is 4.52 Å². The highest BCUT2D eigenvalue weighted by Crippen LogP contribution is 2.29. The number of alkyl halides is 3. The predicted molar refractivity (Wildman–Crippen MR) is 93.7 cm³/mol. The maximum atomic E-state index is 12.8. The van der Waals surface area contributed by atoms with Crippen molar-refractivity contribution in [3.63, 3.8) is 0 Å². The van der Waals surface area contributed by atoms with Crippen molar-refractivity contribution >= 4 is 5.96 Å². The molecule has 0 amide bonds. The van der Waals surface area contributed by atoms with Crippen LogP contribution in [0.15, 0.2) is 39.8 Å². The molecule has 0 saturated carbocycles. The molecule has 0 aliphatic rings. The van der Waals surface area contributed by atoms with Crippen molar-refractivity contribution in [3.8, 4) is 0 Å². The SMILES string of the molecule is CCNC(=NCc1cccc(C(F)(F)F)c1)NCc1cc(C(C)C)no1. The molecule has 5 nitrogen and oxygen atoms in total. The normalized spacial score (nSPS) is 12.5. The van der Waals surface area contributed by atoms with Crippen LogP contribution < -0.4 is 10.6 Å². The maximum absolute atomic E-state index is 12.8. The van der Waals surface area contributed by atoms with Crippen LogP contribution in [0.5, 0.6) is 0 Å². The summed E-state index contributed by atoms with van der Waals surface area (Å²) in [6, 6.07) is 7.03. The van der Waals surface area contributed by atoms with Gasteiger partial charge in [0.1, 0.15) is 0 Å². The Morgan fingerprint density at radius 2 is 2.00 bits per heavy atom. The molecule has 0 aliphatic carbocycles. The van der Waals surface area contributed by atoms with Gasteiger partial charge in [0, 0.05) is 12.6 Å². The summed E-state index contributed by atoms with van der Waals surface area (Å²) < 4.78 is 43.6. The minimum atomic E-state index is -4.36. The number of nitrogens with zero attached hydrogens (tertiary/aromatic N) is 2. The smallest absolute Gasteiger partial charge is 0.359 e. The molecule has 2 aromatic rings. The third-order valence-corrected chi connectivity index (χ3v) is 3.62. The van der Waals surface area contributed by atoms with Crippen LogP contribution in [0.25, 0.3) is 0 Å². The van der Waals surface area contributed by atoms with Gasteiger partial charge in [-0.2, -0.15) is 13.2 Å². The van der Waals surface area contributed by atoms with Crippen molar-refractivity contribution in [1.29, 1.82) is 0 Å². The molecule has 0 bridgehead atoms. The molecule has 1 heterocycles. The second-order valence-electron chi connectivity index (χ2n) is 6.12. The highest BCUT2D eigenvalue weighted by atomic mass is 19.4. The Balaban J connectivity index is 2.02. The molecule has 2 rings (SSSR count). The van der Waals surface area contributed by atoms with Gasteiger partial charge in [-0.25, -0.2) is 4.99 Å². The van der Waals surface area contributed by atoms with Gasteiger partial charge in [-0.3, -0.25) is 0 Å². The fourth-order valence-corrected chi connectivity index (χ4v) is 2.21. The van der Waals surface area contributed by atoms with Crippen molar-refractivity contribution in [2.75, 3.05) is 6.54 Å². The second kappa shape index (κ2) is 8.73. The first-order chi connectivity index (χ1) is 12.3. The third kappa shape index (κ3) is 5.79. The van der Waals surface area contributed by atoms with Crippen molar-refractivity contribution in [2.45, 2.75) is 46.0 Å². The topological polar surface area (TPSA) is 62.5 Å². The molecule has 0 saturated heterocycles. The molecule has 1 aromatic heterocycles. The standard InChI is InChI=1S/C18H23F3N4O/c1-4-22-17(24-11-15-9-16(12(2)3)25-26-15)23-10-13-6-5-7-14(8-13)18(19,20)21/h5-9,12H,4,10-11H2,1-3H3,(H2,22,23,24). The van der Waals surface area contributed by atoms with Crippen molar-refractivity contribution in [3.05, 3.63) is 52.9 Å². The van der Waals surface area contributed by atoms with Crippen LogP contribution in [0.4, 0.5) is 13.2 Å². The summed E-state index contributed by atoms with van der Waals surface area (Å²) in [7, 11) is 0. The van der Waals surface area contributed by atoms with E-state index in [9.17, 15) is 13.2 Å². The van der Waals surface area contributed by atoms with E-state index >= 15 is 0 Å². The van der Waals surface area contributed by atoms with Gasteiger partial charge >= 0.3 is 6.18 Å². The zero-order valence-corrected chi connectivity index (χ0v) is 15.0. The largest absolute Gasteiger partial charge is 0.416 e. The number of aromatic nitrogens is 1. The zero-order valence-electron chi connectivity index (χ0n) is 15.0. The number of nitrogens with one attached hydrogen (secondary N) is 2. The minimum Gasteiger partial charge on any atom is -0.359 e. The summed E-state index contributed by atoms with van der Waals surface area (Å²) in [5.74, 6) is 1.43. The third-order valence-electron chi connectivity index (χ3n) is 3.62. The number of aliphatic imine (C=N–C) groups is 1. The van der Waals surface area contributed by atoms with Crippen LogP contribution >= 0.6 is 0 Å². The Labute approximate surface area is 150 Å². The maximum Gasteiger partial charge on any atom is 0.416 e. The number of hydrogen-bond acceptors (Lipinski definition) is 3. The first-order valence-corrected chi connectivity index (χ1v) is 8.43. The molecule has 0 aliphatic heterocycles. The number of hydrogen-bond donors (Lipinski definition) is 2. The molecular weight excluding hydrogens is 345 g/mol. The molecule has 142 valence electrons. The van der Waals surface area contributed by atoms with Crippen LogP contribution in [-0.4, -0.2) is 17.7 Å². The van der Waals surface area contributed by atoms with Crippen LogP contribution in [0, 0.1) is 0 Å². The van der Waals surface area contributed by atoms with E-state index in [-0.39, 0.29) is 12.5 Å². The fraction of sp³-hybridized carbons (Fsp3) is 0.444. The Morgan fingerprint density at radius 1 is 1.23 bits per heavy atom. The van der Waals surface area contributed by atoms with E-state index in [1.165, 1.54) is 6.07 Å². The molecule has 8 heteroatoms. The lowest BCUT2D eigenvalue weighted by Gasteiger charge is -2.11. The van der Waals surface area contributed by atoms with Gasteiger partial charge < -0.3 is 15.2 Å². The zero-order chi connectivity index (χ0) is 19.2. The number of rotatable bonds is 6. The average Bonchev–Trinajstić information content (AvgIpc) is 3.06. The van der Waals surface area contributed by atoms with E-state index < -0.39 is 11.7 Å². The summed E-state index contributed by atoms with van der Waals surface area (Å²) in [6.45, 7) is 7.10. The van der Waals surface area contributed by atoms with Crippen LogP contribution in [0.3, 0.4) is 0 Å². The van der Waals surface area contributed by atoms with Crippen LogP contribution in [0.1, 0.15) is 49.3 Å². The van der Waals surface area contributed by atoms with Crippen LogP contribution in [-0.2, 0) is 19.3 Å². The predicted octanol–water partition coefficient (Wildman–Crippen LogP) is 4.07. The van der Waals surface area contributed by atoms with E-state index in [1.54, 1.807) is 6.07 Å². The Hall–Kier alpha value is -2.51. The lowest BCUT2D eigenvalue weighted by molar-refractivity contribution is -0.137. The summed E-state index contributed by atoms with van der Waals surface area (Å²) in [5.41, 5.74) is 0.678. The van der Waals surface area contributed by atoms with Gasteiger partial charge in [-0.05, 0) is 30.5 Å². The summed E-state index contributed by atoms with van der Waals surface area (Å²) in [6.07, 6.45) is -4.36. The summed E-state index contributed by atoms with van der Waals surface area (Å²) in [5, 5.41) is 10.1. The van der Waals surface area contributed by atoms with Gasteiger partial charge in [0.05, 0.1) is 24.3 Å². The lowest BCUT2D eigenvalue weighted by Crippen LogP contribution is -2.36. The molecule has 1 aromatic carbocycles. The van der Waals surface area contributed by atoms with E-state index in [1.807, 2.05) is 26.8 Å². The summed E-state index contributed by atoms with van der Waals surface area (Å²) >= 11 is 0. The fourth-order valence-electron chi connectivity index (χ4n) is 2.21. The van der Waals surface area contributed by atoms with Gasteiger partial charge in [-0.15, -0.1) is 0 Å². The second-order valence-corrected chi connectivity index (χ2v) is 6.12. The number of halogens is 3. The van der Waals surface area contributed by atoms with Crippen molar-refractivity contribution in [2.24, 2.45) is 4.99 Å². The molecule has 0 spiro atoms. The number of guanidine groups is 1. The van der Waals surface area contributed by atoms with Gasteiger partial charge in [0.2, 0.25) is 0 Å². The van der Waals surface area contributed by atoms with E-state index in [2.05, 4.69) is 20.8 Å². The van der Waals surface area contributed by atoms with E-state index in [0.29, 0.717) is 30.4 Å². The van der Waals surface area contributed by atoms with Crippen LogP contribution in [0.2, 0.25) is 0 Å². The monoisotopic (exact) mass is 368 g/mol. The quantitative estimate of drug-likeness (QED) is 0.596. The molecule has 0 unspecified atom stereocenters. The van der Waals surface area contributed by atoms with E-state index in [0.717, 1.165) is 17.8 Å². The molecule has 0 atom stereocenters. The molecule has 0 fully saturated rings. The first-order valence-electron chi connectivity index (χ1n) is 8.43. The molecule has 26 heavy (non-hydrogen) atoms. The van der Waals surface area contributed by atoms with Gasteiger partial charge in [-0.1, -0.05) is 31.1 Å². The van der Waals surface area contributed by atoms with Crippen molar-refractivity contribution in [1.82, 2.24) is 15.8 Å². The average molecular weight is 368 g/mol. The van der Waals surface area contributed by atoms with Crippen molar-refractivity contribution < 1.29 is 17.7 Å². The first kappa shape index (κ1) is 19.8. The Bertz CT molecular complexity index is 738.